The number of nitrogens with zero attached hydrogens (tertiary/aromatic N) is 2. The van der Waals surface area contributed by atoms with Crippen molar-refractivity contribution in [2.45, 2.75) is 0 Å². The predicted molar refractivity (Wildman–Crippen MR) is 108 cm³/mol. The Morgan fingerprint density at radius 2 is 1.64 bits per heavy atom. The summed E-state index contributed by atoms with van der Waals surface area (Å²) in [6.07, 6.45) is 0. The summed E-state index contributed by atoms with van der Waals surface area (Å²) >= 11 is 6.24. The quantitative estimate of drug-likeness (QED) is 0.775. The maximum atomic E-state index is 12.9. The molecule has 8 heteroatoms. The van der Waals surface area contributed by atoms with E-state index in [1.54, 1.807) is 0 Å². The number of benzene rings is 2. The van der Waals surface area contributed by atoms with Crippen molar-refractivity contribution < 1.29 is 14.0 Å². The summed E-state index contributed by atoms with van der Waals surface area (Å²) in [5.74, 6) is -0.940. The molecule has 1 fully saturated rings. The van der Waals surface area contributed by atoms with Crippen LogP contribution >= 0.6 is 11.6 Å². The largest absolute Gasteiger partial charge is 0.368 e. The average Bonchev–Trinajstić information content (AvgIpc) is 2.69. The van der Waals surface area contributed by atoms with Crippen LogP contribution in [-0.4, -0.2) is 56.0 Å². The van der Waals surface area contributed by atoms with E-state index in [1.165, 1.54) is 24.3 Å². The molecule has 148 valence electrons. The molecule has 1 aliphatic heterocycles. The SMILES string of the molecule is O=C(CN1CCN(c2ccccc2Cl)CC1)NCC(=O)Nc1ccc(F)cc1. The van der Waals surface area contributed by atoms with E-state index in [-0.39, 0.29) is 30.7 Å². The van der Waals surface area contributed by atoms with Crippen LogP contribution in [0.1, 0.15) is 0 Å². The van der Waals surface area contributed by atoms with E-state index in [9.17, 15) is 14.0 Å². The number of piperazine rings is 1. The van der Waals surface area contributed by atoms with Gasteiger partial charge in [-0.05, 0) is 36.4 Å². The van der Waals surface area contributed by atoms with Gasteiger partial charge in [-0.15, -0.1) is 0 Å². The van der Waals surface area contributed by atoms with E-state index in [0.29, 0.717) is 5.69 Å². The predicted octanol–water partition coefficient (Wildman–Crippen LogP) is 2.36. The lowest BCUT2D eigenvalue weighted by Gasteiger charge is -2.36. The van der Waals surface area contributed by atoms with E-state index < -0.39 is 0 Å². The van der Waals surface area contributed by atoms with Gasteiger partial charge in [0.1, 0.15) is 5.82 Å². The number of anilines is 2. The van der Waals surface area contributed by atoms with Gasteiger partial charge in [0.15, 0.2) is 0 Å². The Hall–Kier alpha value is -2.64. The van der Waals surface area contributed by atoms with Gasteiger partial charge in [-0.1, -0.05) is 23.7 Å². The highest BCUT2D eigenvalue weighted by molar-refractivity contribution is 6.33. The molecule has 6 nitrogen and oxygen atoms in total. The molecule has 0 radical (unpaired) electrons. The van der Waals surface area contributed by atoms with Crippen molar-refractivity contribution in [3.8, 4) is 0 Å². The van der Waals surface area contributed by atoms with E-state index in [4.69, 9.17) is 11.6 Å². The number of carbonyl (C=O) groups is 2. The van der Waals surface area contributed by atoms with Crippen LogP contribution in [0.2, 0.25) is 5.02 Å². The molecule has 3 rings (SSSR count). The summed E-state index contributed by atoms with van der Waals surface area (Å²) in [6, 6.07) is 13.2. The monoisotopic (exact) mass is 404 g/mol. The highest BCUT2D eigenvalue weighted by Crippen LogP contribution is 2.25. The molecule has 2 aromatic carbocycles. The molecule has 1 heterocycles. The Balaban J connectivity index is 1.38. The van der Waals surface area contributed by atoms with Crippen molar-refractivity contribution in [3.63, 3.8) is 0 Å². The minimum Gasteiger partial charge on any atom is -0.368 e. The first-order chi connectivity index (χ1) is 13.5. The lowest BCUT2D eigenvalue weighted by Crippen LogP contribution is -2.50. The Morgan fingerprint density at radius 1 is 0.964 bits per heavy atom. The van der Waals surface area contributed by atoms with Crippen molar-refractivity contribution in [1.82, 2.24) is 10.2 Å². The molecule has 1 saturated heterocycles. The highest BCUT2D eigenvalue weighted by Gasteiger charge is 2.20. The normalized spacial score (nSPS) is 14.6. The fourth-order valence-corrected chi connectivity index (χ4v) is 3.29. The minimum atomic E-state index is -0.374. The lowest BCUT2D eigenvalue weighted by molar-refractivity contribution is -0.125. The molecule has 0 saturated carbocycles. The first-order valence-electron chi connectivity index (χ1n) is 9.05. The third kappa shape index (κ3) is 5.68. The van der Waals surface area contributed by atoms with Gasteiger partial charge in [0.2, 0.25) is 11.8 Å². The molecule has 28 heavy (non-hydrogen) atoms. The molecule has 0 spiro atoms. The summed E-state index contributed by atoms with van der Waals surface area (Å²) in [4.78, 5) is 28.2. The maximum Gasteiger partial charge on any atom is 0.243 e. The Bertz CT molecular complexity index is 823. The topological polar surface area (TPSA) is 64.7 Å². The van der Waals surface area contributed by atoms with Crippen LogP contribution in [0.5, 0.6) is 0 Å². The van der Waals surface area contributed by atoms with Gasteiger partial charge in [0.25, 0.3) is 0 Å². The number of hydrogen-bond donors (Lipinski definition) is 2. The van der Waals surface area contributed by atoms with E-state index >= 15 is 0 Å². The summed E-state index contributed by atoms with van der Waals surface area (Å²) < 4.78 is 12.9. The summed E-state index contributed by atoms with van der Waals surface area (Å²) in [5, 5.41) is 5.94. The van der Waals surface area contributed by atoms with Gasteiger partial charge >= 0.3 is 0 Å². The van der Waals surface area contributed by atoms with Gasteiger partial charge in [-0.2, -0.15) is 0 Å². The fraction of sp³-hybridized carbons (Fsp3) is 0.300. The van der Waals surface area contributed by atoms with E-state index in [0.717, 1.165) is 36.9 Å². The minimum absolute atomic E-state index is 0.129. The zero-order valence-corrected chi connectivity index (χ0v) is 16.1. The van der Waals surface area contributed by atoms with E-state index in [2.05, 4.69) is 15.5 Å². The van der Waals surface area contributed by atoms with Gasteiger partial charge in [-0.25, -0.2) is 4.39 Å². The second-order valence-corrected chi connectivity index (χ2v) is 6.95. The van der Waals surface area contributed by atoms with Crippen molar-refractivity contribution in [2.75, 3.05) is 49.5 Å². The highest BCUT2D eigenvalue weighted by atomic mass is 35.5. The summed E-state index contributed by atoms with van der Waals surface area (Å²) in [5.41, 5.74) is 1.49. The van der Waals surface area contributed by atoms with Crippen molar-refractivity contribution in [1.29, 1.82) is 0 Å². The van der Waals surface area contributed by atoms with Gasteiger partial charge < -0.3 is 15.5 Å². The number of rotatable bonds is 6. The molecule has 0 bridgehead atoms. The zero-order chi connectivity index (χ0) is 19.9. The van der Waals surface area contributed by atoms with Crippen LogP contribution in [0.25, 0.3) is 0 Å². The molecular weight excluding hydrogens is 383 g/mol. The molecule has 0 atom stereocenters. The number of amides is 2. The maximum absolute atomic E-state index is 12.9. The second-order valence-electron chi connectivity index (χ2n) is 6.55. The van der Waals surface area contributed by atoms with Crippen LogP contribution in [0, 0.1) is 5.82 Å². The molecule has 2 aromatic rings. The molecule has 0 unspecified atom stereocenters. The first kappa shape index (κ1) is 20.1. The van der Waals surface area contributed by atoms with Crippen LogP contribution in [0.15, 0.2) is 48.5 Å². The third-order valence-corrected chi connectivity index (χ3v) is 4.83. The zero-order valence-electron chi connectivity index (χ0n) is 15.3. The van der Waals surface area contributed by atoms with Crippen LogP contribution in [0.4, 0.5) is 15.8 Å². The summed E-state index contributed by atoms with van der Waals surface area (Å²) in [7, 11) is 0. The third-order valence-electron chi connectivity index (χ3n) is 4.51. The molecular formula is C20H22ClFN4O2. The fourth-order valence-electron chi connectivity index (χ4n) is 3.03. The van der Waals surface area contributed by atoms with Crippen LogP contribution < -0.4 is 15.5 Å². The van der Waals surface area contributed by atoms with Gasteiger partial charge in [0.05, 0.1) is 23.8 Å². The average molecular weight is 405 g/mol. The molecule has 2 N–H and O–H groups in total. The Kier molecular flexibility index (Phi) is 6.84. The number of para-hydroxylation sites is 1. The molecule has 0 aromatic heterocycles. The Labute approximate surface area is 168 Å². The van der Waals surface area contributed by atoms with E-state index in [1.807, 2.05) is 29.2 Å². The van der Waals surface area contributed by atoms with Crippen LogP contribution in [0.3, 0.4) is 0 Å². The molecule has 0 aliphatic carbocycles. The number of carbonyl (C=O) groups excluding carboxylic acids is 2. The summed E-state index contributed by atoms with van der Waals surface area (Å²) in [6.45, 7) is 3.14. The van der Waals surface area contributed by atoms with Gasteiger partial charge in [-0.3, -0.25) is 14.5 Å². The second kappa shape index (κ2) is 9.52. The lowest BCUT2D eigenvalue weighted by atomic mass is 10.2. The van der Waals surface area contributed by atoms with Crippen LogP contribution in [-0.2, 0) is 9.59 Å². The standard InChI is InChI=1S/C20H22ClFN4O2/c21-17-3-1-2-4-18(17)26-11-9-25(10-12-26)14-20(28)23-13-19(27)24-16-7-5-15(22)6-8-16/h1-8H,9-14H2,(H,23,28)(H,24,27). The van der Waals surface area contributed by atoms with Crippen molar-refractivity contribution >= 4 is 34.8 Å². The molecule has 1 aliphatic rings. The molecule has 2 amide bonds. The first-order valence-corrected chi connectivity index (χ1v) is 9.43. The van der Waals surface area contributed by atoms with Crippen molar-refractivity contribution in [2.24, 2.45) is 0 Å². The number of halogens is 2. The number of nitrogens with one attached hydrogen (secondary N) is 2. The smallest absolute Gasteiger partial charge is 0.243 e. The van der Waals surface area contributed by atoms with Crippen molar-refractivity contribution in [3.05, 3.63) is 59.4 Å². The Morgan fingerprint density at radius 3 is 2.32 bits per heavy atom. The van der Waals surface area contributed by atoms with Gasteiger partial charge in [0, 0.05) is 31.9 Å². The number of hydrogen-bond acceptors (Lipinski definition) is 4.